The number of hydrogen-bond acceptors (Lipinski definition) is 2. The third-order valence-corrected chi connectivity index (χ3v) is 4.79. The summed E-state index contributed by atoms with van der Waals surface area (Å²) in [6.07, 6.45) is 1.63. The zero-order valence-electron chi connectivity index (χ0n) is 18.4. The van der Waals surface area contributed by atoms with Crippen LogP contribution >= 0.6 is 0 Å². The molecule has 0 aliphatic heterocycles. The van der Waals surface area contributed by atoms with Crippen LogP contribution < -0.4 is 5.32 Å². The van der Waals surface area contributed by atoms with Gasteiger partial charge >= 0.3 is 0 Å². The van der Waals surface area contributed by atoms with Gasteiger partial charge in [0.05, 0.1) is 0 Å². The second kappa shape index (κ2) is 10.2. The van der Waals surface area contributed by atoms with Gasteiger partial charge in [0.2, 0.25) is 11.8 Å². The summed E-state index contributed by atoms with van der Waals surface area (Å²) in [6.45, 7) is 10.3. The van der Waals surface area contributed by atoms with Gasteiger partial charge in [-0.15, -0.1) is 0 Å². The molecule has 1 atom stereocenters. The summed E-state index contributed by atoms with van der Waals surface area (Å²) in [7, 11) is 0. The lowest BCUT2D eigenvalue weighted by atomic mass is 10.0. The van der Waals surface area contributed by atoms with Crippen LogP contribution in [0, 0.1) is 6.92 Å². The average Bonchev–Trinajstić information content (AvgIpc) is 2.65. The lowest BCUT2D eigenvalue weighted by Gasteiger charge is -2.33. The predicted octanol–water partition coefficient (Wildman–Crippen LogP) is 4.65. The highest BCUT2D eigenvalue weighted by Crippen LogP contribution is 2.17. The van der Waals surface area contributed by atoms with E-state index in [4.69, 9.17) is 0 Å². The molecule has 0 aliphatic rings. The molecule has 2 rings (SSSR count). The van der Waals surface area contributed by atoms with Crippen molar-refractivity contribution in [1.82, 2.24) is 10.2 Å². The van der Waals surface area contributed by atoms with Crippen molar-refractivity contribution < 1.29 is 9.59 Å². The molecule has 29 heavy (non-hydrogen) atoms. The smallest absolute Gasteiger partial charge is 0.243 e. The SMILES string of the molecule is CCC(C(=O)NC(C)(C)C)N(Cc1cccc(C)c1)C(=O)CCc1ccccc1. The Labute approximate surface area is 175 Å². The molecule has 0 aromatic heterocycles. The molecule has 0 bridgehead atoms. The quantitative estimate of drug-likeness (QED) is 0.708. The Morgan fingerprint density at radius 3 is 2.24 bits per heavy atom. The van der Waals surface area contributed by atoms with Crippen LogP contribution in [0.15, 0.2) is 54.6 Å². The van der Waals surface area contributed by atoms with Gasteiger partial charge in [0.15, 0.2) is 0 Å². The summed E-state index contributed by atoms with van der Waals surface area (Å²) in [6, 6.07) is 17.6. The maximum atomic E-state index is 13.2. The van der Waals surface area contributed by atoms with Crippen LogP contribution in [-0.2, 0) is 22.6 Å². The fraction of sp³-hybridized carbons (Fsp3) is 0.440. The van der Waals surface area contributed by atoms with Crippen molar-refractivity contribution in [3.63, 3.8) is 0 Å². The minimum Gasteiger partial charge on any atom is -0.350 e. The minimum absolute atomic E-state index is 0.00580. The van der Waals surface area contributed by atoms with Crippen molar-refractivity contribution in [1.29, 1.82) is 0 Å². The number of carbonyl (C=O) groups excluding carboxylic acids is 2. The fourth-order valence-corrected chi connectivity index (χ4v) is 3.42. The van der Waals surface area contributed by atoms with Crippen molar-refractivity contribution in [2.45, 2.75) is 72.0 Å². The molecule has 2 amide bonds. The topological polar surface area (TPSA) is 49.4 Å². The predicted molar refractivity (Wildman–Crippen MR) is 118 cm³/mol. The van der Waals surface area contributed by atoms with Crippen molar-refractivity contribution in [2.75, 3.05) is 0 Å². The van der Waals surface area contributed by atoms with Crippen molar-refractivity contribution in [3.8, 4) is 0 Å². The number of amides is 2. The average molecular weight is 395 g/mol. The van der Waals surface area contributed by atoms with Crippen molar-refractivity contribution >= 4 is 11.8 Å². The minimum atomic E-state index is -0.488. The largest absolute Gasteiger partial charge is 0.350 e. The summed E-state index contributed by atoms with van der Waals surface area (Å²) in [5.41, 5.74) is 2.97. The molecule has 156 valence electrons. The lowest BCUT2D eigenvalue weighted by Crippen LogP contribution is -2.53. The van der Waals surface area contributed by atoms with E-state index in [0.717, 1.165) is 16.7 Å². The van der Waals surface area contributed by atoms with E-state index in [9.17, 15) is 9.59 Å². The summed E-state index contributed by atoms with van der Waals surface area (Å²) >= 11 is 0. The van der Waals surface area contributed by atoms with E-state index >= 15 is 0 Å². The standard InChI is InChI=1S/C25H34N2O2/c1-6-22(24(29)26-25(3,4)5)27(18-21-14-10-11-19(2)17-21)23(28)16-15-20-12-8-7-9-13-20/h7-14,17,22H,6,15-16,18H2,1-5H3,(H,26,29). The number of benzene rings is 2. The normalized spacial score (nSPS) is 12.3. The maximum Gasteiger partial charge on any atom is 0.243 e. The van der Waals surface area contributed by atoms with Gasteiger partial charge in [0.25, 0.3) is 0 Å². The number of rotatable bonds is 8. The Bertz CT molecular complexity index is 809. The van der Waals surface area contributed by atoms with Gasteiger partial charge in [-0.05, 0) is 51.7 Å². The van der Waals surface area contributed by atoms with Crippen LogP contribution in [0.1, 0.15) is 57.2 Å². The van der Waals surface area contributed by atoms with E-state index in [1.807, 2.05) is 83.1 Å². The van der Waals surface area contributed by atoms with Crippen LogP contribution in [0.5, 0.6) is 0 Å². The number of hydrogen-bond donors (Lipinski definition) is 1. The highest BCUT2D eigenvalue weighted by molar-refractivity contribution is 5.88. The van der Waals surface area contributed by atoms with E-state index in [2.05, 4.69) is 11.4 Å². The Morgan fingerprint density at radius 1 is 1.00 bits per heavy atom. The van der Waals surface area contributed by atoms with E-state index in [0.29, 0.717) is 25.8 Å². The molecule has 0 fully saturated rings. The molecule has 0 saturated carbocycles. The number of nitrogens with zero attached hydrogens (tertiary/aromatic N) is 1. The monoisotopic (exact) mass is 394 g/mol. The Hall–Kier alpha value is -2.62. The summed E-state index contributed by atoms with van der Waals surface area (Å²) < 4.78 is 0. The van der Waals surface area contributed by atoms with E-state index in [1.54, 1.807) is 4.90 Å². The highest BCUT2D eigenvalue weighted by Gasteiger charge is 2.30. The van der Waals surface area contributed by atoms with E-state index in [1.165, 1.54) is 0 Å². The Balaban J connectivity index is 2.22. The summed E-state index contributed by atoms with van der Waals surface area (Å²) in [5, 5.41) is 3.04. The van der Waals surface area contributed by atoms with Crippen LogP contribution in [0.25, 0.3) is 0 Å². The van der Waals surface area contributed by atoms with Crippen molar-refractivity contribution in [3.05, 3.63) is 71.3 Å². The molecule has 0 spiro atoms. The lowest BCUT2D eigenvalue weighted by molar-refractivity contribution is -0.142. The molecule has 0 aliphatic carbocycles. The molecule has 4 nitrogen and oxygen atoms in total. The van der Waals surface area contributed by atoms with Crippen LogP contribution in [0.2, 0.25) is 0 Å². The van der Waals surface area contributed by atoms with Crippen LogP contribution in [0.4, 0.5) is 0 Å². The number of nitrogens with one attached hydrogen (secondary N) is 1. The highest BCUT2D eigenvalue weighted by atomic mass is 16.2. The first-order valence-corrected chi connectivity index (χ1v) is 10.4. The summed E-state index contributed by atoms with van der Waals surface area (Å²) in [5.74, 6) is -0.0908. The molecule has 0 heterocycles. The fourth-order valence-electron chi connectivity index (χ4n) is 3.42. The van der Waals surface area contributed by atoms with Gasteiger partial charge in [-0.3, -0.25) is 9.59 Å². The van der Waals surface area contributed by atoms with Crippen LogP contribution in [-0.4, -0.2) is 28.3 Å². The van der Waals surface area contributed by atoms with E-state index in [-0.39, 0.29) is 17.4 Å². The first kappa shape index (κ1) is 22.7. The zero-order valence-corrected chi connectivity index (χ0v) is 18.4. The second-order valence-corrected chi connectivity index (χ2v) is 8.66. The van der Waals surface area contributed by atoms with E-state index < -0.39 is 6.04 Å². The Kier molecular flexibility index (Phi) is 8.00. The number of aryl methyl sites for hydroxylation is 2. The van der Waals surface area contributed by atoms with Gasteiger partial charge in [-0.1, -0.05) is 67.1 Å². The molecule has 2 aromatic rings. The second-order valence-electron chi connectivity index (χ2n) is 8.66. The first-order chi connectivity index (χ1) is 13.7. The van der Waals surface area contributed by atoms with Gasteiger partial charge in [-0.2, -0.15) is 0 Å². The molecular formula is C25H34N2O2. The molecule has 1 N–H and O–H groups in total. The van der Waals surface area contributed by atoms with Gasteiger partial charge < -0.3 is 10.2 Å². The summed E-state index contributed by atoms with van der Waals surface area (Å²) in [4.78, 5) is 27.9. The zero-order chi connectivity index (χ0) is 21.4. The number of carbonyl (C=O) groups is 2. The molecule has 4 heteroatoms. The first-order valence-electron chi connectivity index (χ1n) is 10.4. The molecule has 1 unspecified atom stereocenters. The Morgan fingerprint density at radius 2 is 1.66 bits per heavy atom. The third kappa shape index (κ3) is 7.37. The maximum absolute atomic E-state index is 13.2. The molecule has 2 aromatic carbocycles. The third-order valence-electron chi connectivity index (χ3n) is 4.79. The van der Waals surface area contributed by atoms with Gasteiger partial charge in [-0.25, -0.2) is 0 Å². The van der Waals surface area contributed by atoms with Crippen molar-refractivity contribution in [2.24, 2.45) is 0 Å². The molecular weight excluding hydrogens is 360 g/mol. The van der Waals surface area contributed by atoms with Crippen LogP contribution in [0.3, 0.4) is 0 Å². The van der Waals surface area contributed by atoms with Gasteiger partial charge in [0, 0.05) is 18.5 Å². The molecule has 0 saturated heterocycles. The van der Waals surface area contributed by atoms with Gasteiger partial charge in [0.1, 0.15) is 6.04 Å². The molecule has 0 radical (unpaired) electrons.